The molecule has 1 N–H and O–H groups in total. The van der Waals surface area contributed by atoms with Crippen molar-refractivity contribution in [1.29, 1.82) is 0 Å². The fraction of sp³-hybridized carbons (Fsp3) is 0.105. The number of Topliss-reactive ketones (excluding diaryl/α,β-unsaturated/α-hetero) is 1. The number of amides is 1. The number of halogens is 1. The van der Waals surface area contributed by atoms with Crippen molar-refractivity contribution in [3.63, 3.8) is 0 Å². The summed E-state index contributed by atoms with van der Waals surface area (Å²) in [6.45, 7) is 0.313. The van der Waals surface area contributed by atoms with Crippen molar-refractivity contribution < 1.29 is 9.59 Å². The maximum Gasteiger partial charge on any atom is 0.295 e. The lowest BCUT2D eigenvalue weighted by atomic mass is 10.2. The Balaban J connectivity index is 1.54. The number of hydrogen-bond donors (Lipinski definition) is 1. The molecule has 0 aliphatic heterocycles. The van der Waals surface area contributed by atoms with Gasteiger partial charge in [0.1, 0.15) is 0 Å². The topological polar surface area (TPSA) is 59.1 Å². The number of ketones is 1. The monoisotopic (exact) mass is 402 g/mol. The zero-order valence-electron chi connectivity index (χ0n) is 13.6. The molecule has 2 aromatic carbocycles. The van der Waals surface area contributed by atoms with Crippen molar-refractivity contribution in [2.75, 3.05) is 0 Å². The van der Waals surface area contributed by atoms with Gasteiger partial charge in [-0.05, 0) is 23.3 Å². The highest BCUT2D eigenvalue weighted by molar-refractivity contribution is 8.00. The highest BCUT2D eigenvalue weighted by atomic mass is 35.5. The lowest BCUT2D eigenvalue weighted by Gasteiger charge is -2.03. The van der Waals surface area contributed by atoms with Crippen LogP contribution in [0.25, 0.3) is 0 Å². The lowest BCUT2D eigenvalue weighted by molar-refractivity contribution is -0.117. The molecule has 3 aromatic rings. The van der Waals surface area contributed by atoms with Crippen LogP contribution in [0.2, 0.25) is 5.02 Å². The summed E-state index contributed by atoms with van der Waals surface area (Å²) in [5.41, 5.74) is 2.02. The highest BCUT2D eigenvalue weighted by Crippen LogP contribution is 2.29. The Morgan fingerprint density at radius 3 is 2.62 bits per heavy atom. The minimum absolute atomic E-state index is 0.198. The van der Waals surface area contributed by atoms with Crippen molar-refractivity contribution in [2.24, 2.45) is 0 Å². The first-order chi connectivity index (χ1) is 12.6. The van der Waals surface area contributed by atoms with Gasteiger partial charge in [-0.15, -0.1) is 23.1 Å². The minimum atomic E-state index is -0.644. The molecule has 0 fully saturated rings. The number of thiazole rings is 1. The predicted octanol–water partition coefficient (Wildman–Crippen LogP) is 4.59. The van der Waals surface area contributed by atoms with E-state index in [0.717, 1.165) is 21.1 Å². The Hall–Kier alpha value is -2.15. The number of thioether (sulfide) groups is 1. The summed E-state index contributed by atoms with van der Waals surface area (Å²) < 4.78 is 0.879. The Morgan fingerprint density at radius 1 is 1.08 bits per heavy atom. The Kier molecular flexibility index (Phi) is 6.44. The van der Waals surface area contributed by atoms with Crippen molar-refractivity contribution >= 4 is 46.4 Å². The molecule has 0 aliphatic carbocycles. The highest BCUT2D eigenvalue weighted by Gasteiger charge is 2.19. The lowest BCUT2D eigenvalue weighted by Crippen LogP contribution is -2.30. The van der Waals surface area contributed by atoms with Crippen LogP contribution in [0, 0.1) is 0 Å². The molecule has 0 radical (unpaired) electrons. The molecule has 1 amide bonds. The van der Waals surface area contributed by atoms with Crippen molar-refractivity contribution in [2.45, 2.75) is 16.5 Å². The van der Waals surface area contributed by atoms with Gasteiger partial charge in [-0.3, -0.25) is 9.59 Å². The zero-order chi connectivity index (χ0) is 18.4. The molecule has 0 bridgehead atoms. The third-order valence-corrected chi connectivity index (χ3v) is 5.95. The van der Waals surface area contributed by atoms with Gasteiger partial charge in [0.15, 0.2) is 5.01 Å². The van der Waals surface area contributed by atoms with E-state index in [0.29, 0.717) is 11.6 Å². The Morgan fingerprint density at radius 2 is 1.85 bits per heavy atom. The van der Waals surface area contributed by atoms with Crippen molar-refractivity contribution in [3.8, 4) is 0 Å². The van der Waals surface area contributed by atoms with Gasteiger partial charge in [0.25, 0.3) is 11.7 Å². The summed E-state index contributed by atoms with van der Waals surface area (Å²) in [4.78, 5) is 28.3. The SMILES string of the molecule is O=C(NCc1ccccc1)C(=O)c1ncc(SCc2cccc(Cl)c2)s1. The molecule has 0 aliphatic rings. The van der Waals surface area contributed by atoms with Gasteiger partial charge < -0.3 is 5.32 Å². The van der Waals surface area contributed by atoms with E-state index in [1.54, 1.807) is 18.0 Å². The minimum Gasteiger partial charge on any atom is -0.345 e. The van der Waals surface area contributed by atoms with Crippen molar-refractivity contribution in [3.05, 3.63) is 82.0 Å². The number of carbonyl (C=O) groups excluding carboxylic acids is 2. The van der Waals surface area contributed by atoms with Crippen LogP contribution >= 0.6 is 34.7 Å². The van der Waals surface area contributed by atoms with Gasteiger partial charge in [-0.2, -0.15) is 0 Å². The first-order valence-electron chi connectivity index (χ1n) is 7.81. The Labute approximate surface area is 164 Å². The summed E-state index contributed by atoms with van der Waals surface area (Å²) in [6, 6.07) is 17.1. The van der Waals surface area contributed by atoms with E-state index in [1.807, 2.05) is 54.6 Å². The second-order valence-corrected chi connectivity index (χ2v) is 8.14. The largest absolute Gasteiger partial charge is 0.345 e. The number of aromatic nitrogens is 1. The summed E-state index contributed by atoms with van der Waals surface area (Å²) in [5, 5.41) is 3.52. The molecular weight excluding hydrogens is 388 g/mol. The van der Waals surface area contributed by atoms with E-state index in [9.17, 15) is 9.59 Å². The number of carbonyl (C=O) groups is 2. The van der Waals surface area contributed by atoms with Crippen LogP contribution in [-0.4, -0.2) is 16.7 Å². The number of rotatable bonds is 7. The molecule has 0 spiro atoms. The number of nitrogens with zero attached hydrogens (tertiary/aromatic N) is 1. The van der Waals surface area contributed by atoms with Gasteiger partial charge in [0.2, 0.25) is 0 Å². The van der Waals surface area contributed by atoms with E-state index in [-0.39, 0.29) is 5.01 Å². The van der Waals surface area contributed by atoms with Gasteiger partial charge in [-0.1, -0.05) is 54.1 Å². The van der Waals surface area contributed by atoms with E-state index >= 15 is 0 Å². The zero-order valence-corrected chi connectivity index (χ0v) is 16.0. The third-order valence-electron chi connectivity index (χ3n) is 3.45. The van der Waals surface area contributed by atoms with E-state index < -0.39 is 11.7 Å². The molecule has 0 unspecified atom stereocenters. The first kappa shape index (κ1) is 18.6. The molecule has 1 heterocycles. The number of benzene rings is 2. The molecule has 132 valence electrons. The maximum atomic E-state index is 12.2. The molecule has 0 atom stereocenters. The predicted molar refractivity (Wildman–Crippen MR) is 106 cm³/mol. The second-order valence-electron chi connectivity index (χ2n) is 5.40. The normalized spacial score (nSPS) is 10.5. The fourth-order valence-corrected chi connectivity index (χ4v) is 4.23. The molecule has 0 saturated carbocycles. The molecule has 3 rings (SSSR count). The number of nitrogens with one attached hydrogen (secondary N) is 1. The van der Waals surface area contributed by atoms with Crippen LogP contribution in [0.15, 0.2) is 65.0 Å². The van der Waals surface area contributed by atoms with Crippen LogP contribution in [-0.2, 0) is 17.1 Å². The summed E-state index contributed by atoms with van der Waals surface area (Å²) in [6.07, 6.45) is 1.62. The van der Waals surface area contributed by atoms with Gasteiger partial charge in [0.05, 0.1) is 10.4 Å². The van der Waals surface area contributed by atoms with E-state index in [2.05, 4.69) is 10.3 Å². The van der Waals surface area contributed by atoms with Crippen LogP contribution in [0.1, 0.15) is 20.9 Å². The molecular formula is C19H15ClN2O2S2. The number of hydrogen-bond acceptors (Lipinski definition) is 5. The average molecular weight is 403 g/mol. The fourth-order valence-electron chi connectivity index (χ4n) is 2.17. The van der Waals surface area contributed by atoms with Crippen LogP contribution in [0.5, 0.6) is 0 Å². The van der Waals surface area contributed by atoms with Crippen LogP contribution in [0.4, 0.5) is 0 Å². The van der Waals surface area contributed by atoms with Gasteiger partial charge >= 0.3 is 0 Å². The maximum absolute atomic E-state index is 12.2. The van der Waals surface area contributed by atoms with E-state index in [4.69, 9.17) is 11.6 Å². The molecule has 26 heavy (non-hydrogen) atoms. The Bertz CT molecular complexity index is 913. The van der Waals surface area contributed by atoms with Crippen LogP contribution in [0.3, 0.4) is 0 Å². The van der Waals surface area contributed by atoms with E-state index in [1.165, 1.54) is 11.3 Å². The van der Waals surface area contributed by atoms with Gasteiger partial charge in [-0.25, -0.2) is 4.98 Å². The first-order valence-corrected chi connectivity index (χ1v) is 9.99. The van der Waals surface area contributed by atoms with Crippen molar-refractivity contribution in [1.82, 2.24) is 10.3 Å². The summed E-state index contributed by atoms with van der Waals surface area (Å²) >= 11 is 8.75. The standard InChI is InChI=1S/C19H15ClN2O2S2/c20-15-8-4-7-14(9-15)12-25-16-11-22-19(26-16)17(23)18(24)21-10-13-5-2-1-3-6-13/h1-9,11H,10,12H2,(H,21,24). The summed E-state index contributed by atoms with van der Waals surface area (Å²) in [7, 11) is 0. The molecule has 4 nitrogen and oxygen atoms in total. The molecule has 7 heteroatoms. The molecule has 1 aromatic heterocycles. The van der Waals surface area contributed by atoms with Gasteiger partial charge in [0, 0.05) is 17.3 Å². The summed E-state index contributed by atoms with van der Waals surface area (Å²) in [5.74, 6) is -0.536. The van der Waals surface area contributed by atoms with Crippen LogP contribution < -0.4 is 5.32 Å². The second kappa shape index (κ2) is 8.98. The molecule has 0 saturated heterocycles. The third kappa shape index (κ3) is 5.17. The smallest absolute Gasteiger partial charge is 0.295 e. The average Bonchev–Trinajstić information content (AvgIpc) is 3.14. The quantitative estimate of drug-likeness (QED) is 0.357.